The molecule has 1 heterocycles. The zero-order valence-electron chi connectivity index (χ0n) is 12.5. The van der Waals surface area contributed by atoms with E-state index in [-0.39, 0.29) is 30.5 Å². The lowest BCUT2D eigenvalue weighted by molar-refractivity contribution is -0.122. The van der Waals surface area contributed by atoms with Crippen LogP contribution in [0.1, 0.15) is 18.1 Å². The van der Waals surface area contributed by atoms with E-state index < -0.39 is 0 Å². The fraction of sp³-hybridized carbons (Fsp3) is 0.533. The summed E-state index contributed by atoms with van der Waals surface area (Å²) in [5.41, 5.74) is 1.01. The molecule has 22 heavy (non-hydrogen) atoms. The molecule has 0 bridgehead atoms. The fourth-order valence-corrected chi connectivity index (χ4v) is 3.34. The molecule has 124 valence electrons. The monoisotopic (exact) mass is 364 g/mol. The van der Waals surface area contributed by atoms with Crippen LogP contribution in [0.25, 0.3) is 0 Å². The highest BCUT2D eigenvalue weighted by Gasteiger charge is 2.18. The molecule has 1 amide bonds. The second kappa shape index (κ2) is 10.3. The first-order valence-electron chi connectivity index (χ1n) is 7.05. The standard InChI is InChI=1S/C15H21ClN2O2S.ClH/c1-20-14(11-2-4-12(16)5-3-11)9-18-15(19)8-13-10-21-7-6-17-13;/h2-5,13-14,17H,6-10H2,1H3,(H,18,19);1H. The van der Waals surface area contributed by atoms with E-state index in [9.17, 15) is 4.79 Å². The quantitative estimate of drug-likeness (QED) is 0.814. The number of carbonyl (C=O) groups is 1. The highest BCUT2D eigenvalue weighted by atomic mass is 35.5. The van der Waals surface area contributed by atoms with Crippen molar-refractivity contribution in [2.45, 2.75) is 18.6 Å². The summed E-state index contributed by atoms with van der Waals surface area (Å²) in [6.07, 6.45) is 0.365. The molecule has 2 atom stereocenters. The van der Waals surface area contributed by atoms with Gasteiger partial charge in [0.1, 0.15) is 0 Å². The Morgan fingerprint density at radius 1 is 1.50 bits per heavy atom. The molecule has 1 aromatic rings. The van der Waals surface area contributed by atoms with E-state index >= 15 is 0 Å². The van der Waals surface area contributed by atoms with Crippen molar-refractivity contribution >= 4 is 41.7 Å². The molecule has 1 fully saturated rings. The van der Waals surface area contributed by atoms with Crippen LogP contribution in [-0.4, -0.2) is 43.7 Å². The Balaban J connectivity index is 0.00000242. The first kappa shape index (κ1) is 19.6. The lowest BCUT2D eigenvalue weighted by Gasteiger charge is -2.23. The number of ether oxygens (including phenoxy) is 1. The van der Waals surface area contributed by atoms with Crippen molar-refractivity contribution in [1.29, 1.82) is 0 Å². The number of hydrogen-bond donors (Lipinski definition) is 2. The van der Waals surface area contributed by atoms with Crippen molar-refractivity contribution < 1.29 is 9.53 Å². The largest absolute Gasteiger partial charge is 0.375 e. The van der Waals surface area contributed by atoms with E-state index in [4.69, 9.17) is 16.3 Å². The molecule has 2 unspecified atom stereocenters. The third kappa shape index (κ3) is 6.34. The number of carbonyl (C=O) groups excluding carboxylic acids is 1. The summed E-state index contributed by atoms with van der Waals surface area (Å²) in [6.45, 7) is 1.45. The minimum absolute atomic E-state index is 0. The maximum atomic E-state index is 12.0. The number of benzene rings is 1. The Kier molecular flexibility index (Phi) is 9.21. The number of thioether (sulfide) groups is 1. The smallest absolute Gasteiger partial charge is 0.221 e. The van der Waals surface area contributed by atoms with Gasteiger partial charge in [0.2, 0.25) is 5.91 Å². The molecule has 1 saturated heterocycles. The summed E-state index contributed by atoms with van der Waals surface area (Å²) in [6, 6.07) is 7.77. The number of rotatable bonds is 6. The molecule has 0 saturated carbocycles. The lowest BCUT2D eigenvalue weighted by atomic mass is 10.1. The summed E-state index contributed by atoms with van der Waals surface area (Å²) >= 11 is 7.77. The third-order valence-corrected chi connectivity index (χ3v) is 4.82. The van der Waals surface area contributed by atoms with Gasteiger partial charge in [-0.05, 0) is 17.7 Å². The maximum Gasteiger partial charge on any atom is 0.221 e. The van der Waals surface area contributed by atoms with Gasteiger partial charge < -0.3 is 15.4 Å². The Morgan fingerprint density at radius 3 is 2.82 bits per heavy atom. The van der Waals surface area contributed by atoms with E-state index in [1.807, 2.05) is 36.0 Å². The van der Waals surface area contributed by atoms with Gasteiger partial charge in [0, 0.05) is 49.2 Å². The summed E-state index contributed by atoms with van der Waals surface area (Å²) in [7, 11) is 1.64. The van der Waals surface area contributed by atoms with E-state index in [1.54, 1.807) is 7.11 Å². The average molecular weight is 365 g/mol. The third-order valence-electron chi connectivity index (χ3n) is 3.44. The number of halogens is 2. The van der Waals surface area contributed by atoms with Crippen molar-refractivity contribution in [3.63, 3.8) is 0 Å². The van der Waals surface area contributed by atoms with Crippen LogP contribution < -0.4 is 10.6 Å². The molecular weight excluding hydrogens is 343 g/mol. The summed E-state index contributed by atoms with van der Waals surface area (Å²) in [4.78, 5) is 12.0. The zero-order valence-corrected chi connectivity index (χ0v) is 14.9. The van der Waals surface area contributed by atoms with Crippen LogP contribution in [0.4, 0.5) is 0 Å². The van der Waals surface area contributed by atoms with Gasteiger partial charge in [-0.1, -0.05) is 23.7 Å². The molecule has 7 heteroatoms. The van der Waals surface area contributed by atoms with Gasteiger partial charge in [-0.2, -0.15) is 11.8 Å². The maximum absolute atomic E-state index is 12.0. The van der Waals surface area contributed by atoms with E-state index in [0.717, 1.165) is 23.6 Å². The number of methoxy groups -OCH3 is 1. The van der Waals surface area contributed by atoms with Gasteiger partial charge in [0.25, 0.3) is 0 Å². The minimum atomic E-state index is -0.153. The lowest BCUT2D eigenvalue weighted by Crippen LogP contribution is -2.42. The average Bonchev–Trinajstić information content (AvgIpc) is 2.50. The zero-order chi connectivity index (χ0) is 15.1. The molecular formula is C15H22Cl2N2O2S. The molecule has 0 spiro atoms. The predicted octanol–water partition coefficient (Wildman–Crippen LogP) is 2.66. The second-order valence-corrected chi connectivity index (χ2v) is 6.60. The first-order valence-corrected chi connectivity index (χ1v) is 8.58. The molecule has 2 rings (SSSR count). The van der Waals surface area contributed by atoms with Gasteiger partial charge in [0.15, 0.2) is 0 Å². The summed E-state index contributed by atoms with van der Waals surface area (Å²) < 4.78 is 5.44. The van der Waals surface area contributed by atoms with E-state index in [2.05, 4.69) is 10.6 Å². The second-order valence-electron chi connectivity index (χ2n) is 5.01. The van der Waals surface area contributed by atoms with Crippen LogP contribution in [-0.2, 0) is 9.53 Å². The SMILES string of the molecule is COC(CNC(=O)CC1CSCCN1)c1ccc(Cl)cc1.Cl. The van der Waals surface area contributed by atoms with Crippen LogP contribution in [0.3, 0.4) is 0 Å². The van der Waals surface area contributed by atoms with Crippen molar-refractivity contribution in [3.05, 3.63) is 34.9 Å². The molecule has 2 N–H and O–H groups in total. The summed E-state index contributed by atoms with van der Waals surface area (Å²) in [5, 5.41) is 7.00. The molecule has 0 aromatic heterocycles. The Morgan fingerprint density at radius 2 is 2.23 bits per heavy atom. The van der Waals surface area contributed by atoms with Gasteiger partial charge in [-0.3, -0.25) is 4.79 Å². The normalized spacial score (nSPS) is 19.1. The molecule has 4 nitrogen and oxygen atoms in total. The van der Waals surface area contributed by atoms with Gasteiger partial charge in [-0.15, -0.1) is 12.4 Å². The van der Waals surface area contributed by atoms with Crippen LogP contribution in [0, 0.1) is 0 Å². The Labute approximate surface area is 147 Å². The fourth-order valence-electron chi connectivity index (χ4n) is 2.27. The van der Waals surface area contributed by atoms with Gasteiger partial charge >= 0.3 is 0 Å². The van der Waals surface area contributed by atoms with Crippen molar-refractivity contribution in [2.75, 3.05) is 31.7 Å². The Bertz CT molecular complexity index is 453. The molecule has 0 radical (unpaired) electrons. The van der Waals surface area contributed by atoms with Gasteiger partial charge in [-0.25, -0.2) is 0 Å². The van der Waals surface area contributed by atoms with Crippen LogP contribution >= 0.6 is 35.8 Å². The van der Waals surface area contributed by atoms with Gasteiger partial charge in [0.05, 0.1) is 6.10 Å². The Hall–Kier alpha value is -0.460. The van der Waals surface area contributed by atoms with Crippen LogP contribution in [0.2, 0.25) is 5.02 Å². The first-order chi connectivity index (χ1) is 10.2. The number of hydrogen-bond acceptors (Lipinski definition) is 4. The molecule has 1 aliphatic heterocycles. The van der Waals surface area contributed by atoms with Crippen LogP contribution in [0.15, 0.2) is 24.3 Å². The topological polar surface area (TPSA) is 50.4 Å². The van der Waals surface area contributed by atoms with Crippen molar-refractivity contribution in [2.24, 2.45) is 0 Å². The predicted molar refractivity (Wildman–Crippen MR) is 95.2 cm³/mol. The molecule has 0 aliphatic carbocycles. The highest BCUT2D eigenvalue weighted by molar-refractivity contribution is 7.99. The molecule has 1 aliphatic rings. The van der Waals surface area contributed by atoms with E-state index in [1.165, 1.54) is 0 Å². The summed E-state index contributed by atoms with van der Waals surface area (Å²) in [5.74, 6) is 2.18. The van der Waals surface area contributed by atoms with Crippen LogP contribution in [0.5, 0.6) is 0 Å². The minimum Gasteiger partial charge on any atom is -0.375 e. The molecule has 1 aromatic carbocycles. The highest BCUT2D eigenvalue weighted by Crippen LogP contribution is 2.18. The van der Waals surface area contributed by atoms with Crippen molar-refractivity contribution in [1.82, 2.24) is 10.6 Å². The van der Waals surface area contributed by atoms with E-state index in [0.29, 0.717) is 18.0 Å². The number of amides is 1. The van der Waals surface area contributed by atoms with Crippen molar-refractivity contribution in [3.8, 4) is 0 Å². The number of nitrogens with one attached hydrogen (secondary N) is 2.